The number of pyridine rings is 2. The van der Waals surface area contributed by atoms with Crippen molar-refractivity contribution in [3.8, 4) is 17.2 Å². The molecule has 0 radical (unpaired) electrons. The zero-order valence-corrected chi connectivity index (χ0v) is 29.2. The van der Waals surface area contributed by atoms with Gasteiger partial charge in [-0.3, -0.25) is 8.97 Å². The van der Waals surface area contributed by atoms with Gasteiger partial charge >= 0.3 is 0 Å². The number of fused-ring (bicyclic) bond motifs is 11. The molecule has 5 heterocycles. The van der Waals surface area contributed by atoms with E-state index >= 15 is 0 Å². The Morgan fingerprint density at radius 3 is 2.19 bits per heavy atom. The lowest BCUT2D eigenvalue weighted by Gasteiger charge is -2.42. The Bertz CT molecular complexity index is 3080. The lowest BCUT2D eigenvalue weighted by Crippen LogP contribution is -2.30. The van der Waals surface area contributed by atoms with Gasteiger partial charge in [-0.25, -0.2) is 9.97 Å². The second kappa shape index (κ2) is 11.0. The number of para-hydroxylation sites is 3. The van der Waals surface area contributed by atoms with E-state index in [-0.39, 0.29) is 5.41 Å². The number of hydrogen-bond acceptors (Lipinski definition) is 4. The number of benzene rings is 6. The molecule has 0 aliphatic carbocycles. The van der Waals surface area contributed by atoms with Gasteiger partial charge in [0.15, 0.2) is 0 Å². The fraction of sp³-hybridized carbons (Fsp3) is 0.0638. The molecule has 0 fully saturated rings. The molecule has 4 aromatic heterocycles. The van der Waals surface area contributed by atoms with E-state index in [0.29, 0.717) is 0 Å². The fourth-order valence-corrected chi connectivity index (χ4v) is 8.59. The first-order chi connectivity index (χ1) is 26.0. The van der Waals surface area contributed by atoms with Gasteiger partial charge < -0.3 is 9.64 Å². The van der Waals surface area contributed by atoms with Gasteiger partial charge in [-0.1, -0.05) is 74.5 Å². The molecule has 1 aliphatic heterocycles. The minimum atomic E-state index is -0.243. The van der Waals surface area contributed by atoms with Gasteiger partial charge in [-0.05, 0) is 95.4 Å². The molecule has 0 atom stereocenters. The van der Waals surface area contributed by atoms with Gasteiger partial charge in [0.25, 0.3) is 0 Å². The van der Waals surface area contributed by atoms with Gasteiger partial charge in [0, 0.05) is 57.3 Å². The van der Waals surface area contributed by atoms with Gasteiger partial charge in [-0.2, -0.15) is 0 Å². The molecular formula is C47H33N5O. The first-order valence-electron chi connectivity index (χ1n) is 18.0. The molecular weight excluding hydrogens is 651 g/mol. The van der Waals surface area contributed by atoms with Crippen LogP contribution in [0.5, 0.6) is 11.5 Å². The molecule has 0 amide bonds. The molecule has 0 saturated carbocycles. The van der Waals surface area contributed by atoms with Crippen LogP contribution in [0.15, 0.2) is 164 Å². The van der Waals surface area contributed by atoms with Crippen LogP contribution >= 0.6 is 0 Å². The Balaban J connectivity index is 1.08. The lowest BCUT2D eigenvalue weighted by atomic mass is 9.73. The van der Waals surface area contributed by atoms with Crippen molar-refractivity contribution < 1.29 is 4.74 Å². The Kier molecular flexibility index (Phi) is 6.20. The molecule has 0 bridgehead atoms. The molecule has 0 N–H and O–H groups in total. The monoisotopic (exact) mass is 683 g/mol. The second-order valence-corrected chi connectivity index (χ2v) is 14.4. The highest BCUT2D eigenvalue weighted by molar-refractivity contribution is 6.12. The van der Waals surface area contributed by atoms with E-state index in [1.807, 2.05) is 36.8 Å². The lowest BCUT2D eigenvalue weighted by molar-refractivity contribution is 0.483. The summed E-state index contributed by atoms with van der Waals surface area (Å²) in [6.07, 6.45) is 5.75. The number of ether oxygens (including phenoxy) is 1. The summed E-state index contributed by atoms with van der Waals surface area (Å²) < 4.78 is 11.1. The predicted molar refractivity (Wildman–Crippen MR) is 216 cm³/mol. The molecule has 6 heteroatoms. The summed E-state index contributed by atoms with van der Waals surface area (Å²) in [5.41, 5.74) is 10.9. The quantitative estimate of drug-likeness (QED) is 0.173. The Morgan fingerprint density at radius 1 is 0.491 bits per heavy atom. The molecule has 6 aromatic carbocycles. The van der Waals surface area contributed by atoms with Crippen LogP contribution in [0, 0.1) is 0 Å². The second-order valence-electron chi connectivity index (χ2n) is 14.4. The summed E-state index contributed by atoms with van der Waals surface area (Å²) in [5, 5.41) is 5.64. The SMILES string of the molecule is CC1(C)c2ccccc2N(c2ccccc2)c2cc3c4cccnc4n(-c4cccc(Oc5ccc6c7ccccc7n7ccnc7c6c5)c4)c3cc21. The van der Waals surface area contributed by atoms with Gasteiger partial charge in [0.2, 0.25) is 0 Å². The van der Waals surface area contributed by atoms with E-state index in [1.165, 1.54) is 27.9 Å². The molecule has 0 spiro atoms. The van der Waals surface area contributed by atoms with E-state index in [1.54, 1.807) is 0 Å². The van der Waals surface area contributed by atoms with Crippen molar-refractivity contribution in [1.29, 1.82) is 0 Å². The van der Waals surface area contributed by atoms with E-state index in [0.717, 1.165) is 66.7 Å². The van der Waals surface area contributed by atoms with Gasteiger partial charge in [0.05, 0.1) is 28.1 Å². The summed E-state index contributed by atoms with van der Waals surface area (Å²) in [4.78, 5) is 12.1. The zero-order chi connectivity index (χ0) is 35.3. The number of rotatable bonds is 4. The van der Waals surface area contributed by atoms with Crippen molar-refractivity contribution >= 4 is 66.3 Å². The smallest absolute Gasteiger partial charge is 0.145 e. The summed E-state index contributed by atoms with van der Waals surface area (Å²) in [6, 6.07) is 51.5. The van der Waals surface area contributed by atoms with Crippen molar-refractivity contribution in [2.45, 2.75) is 19.3 Å². The van der Waals surface area contributed by atoms with Crippen LogP contribution in [0.25, 0.3) is 54.9 Å². The van der Waals surface area contributed by atoms with Crippen LogP contribution in [0.1, 0.15) is 25.0 Å². The van der Waals surface area contributed by atoms with Crippen molar-refractivity contribution in [2.75, 3.05) is 4.90 Å². The first-order valence-corrected chi connectivity index (χ1v) is 18.0. The van der Waals surface area contributed by atoms with Crippen molar-refractivity contribution in [1.82, 2.24) is 18.9 Å². The standard InChI is InChI=1S/C47H33N5O/c1-47(2)39-18-7-9-20-42(39)51(30-12-4-3-5-13-30)44-28-37-36-17-11-23-48-46(36)52(43(37)29-40(44)47)31-14-10-15-32(26-31)53-33-21-22-34-35-16-6-8-19-41(35)50-25-24-49-45(50)38(34)27-33/h3-29H,1-2H3. The van der Waals surface area contributed by atoms with Crippen molar-refractivity contribution in [2.24, 2.45) is 0 Å². The van der Waals surface area contributed by atoms with Crippen LogP contribution in [-0.4, -0.2) is 18.9 Å². The normalized spacial score (nSPS) is 13.6. The number of nitrogens with zero attached hydrogens (tertiary/aromatic N) is 5. The molecule has 0 saturated heterocycles. The number of imidazole rings is 1. The van der Waals surface area contributed by atoms with Crippen molar-refractivity contribution in [3.05, 3.63) is 175 Å². The maximum Gasteiger partial charge on any atom is 0.145 e. The predicted octanol–water partition coefficient (Wildman–Crippen LogP) is 12.0. The Hall–Kier alpha value is -6.92. The number of anilines is 3. The van der Waals surface area contributed by atoms with E-state index in [9.17, 15) is 0 Å². The van der Waals surface area contributed by atoms with Crippen LogP contribution in [0.2, 0.25) is 0 Å². The van der Waals surface area contributed by atoms with Crippen molar-refractivity contribution in [3.63, 3.8) is 0 Å². The summed E-state index contributed by atoms with van der Waals surface area (Å²) >= 11 is 0. The maximum absolute atomic E-state index is 6.64. The largest absolute Gasteiger partial charge is 0.457 e. The van der Waals surface area contributed by atoms with Crippen LogP contribution in [0.4, 0.5) is 17.1 Å². The van der Waals surface area contributed by atoms with E-state index in [4.69, 9.17) is 14.7 Å². The average Bonchev–Trinajstić information content (AvgIpc) is 3.82. The summed E-state index contributed by atoms with van der Waals surface area (Å²) in [6.45, 7) is 4.67. The minimum Gasteiger partial charge on any atom is -0.457 e. The number of aromatic nitrogens is 4. The highest BCUT2D eigenvalue weighted by Crippen LogP contribution is 2.53. The highest BCUT2D eigenvalue weighted by atomic mass is 16.5. The van der Waals surface area contributed by atoms with Crippen LogP contribution < -0.4 is 9.64 Å². The highest BCUT2D eigenvalue weighted by Gasteiger charge is 2.37. The third kappa shape index (κ3) is 4.33. The molecule has 53 heavy (non-hydrogen) atoms. The van der Waals surface area contributed by atoms with Gasteiger partial charge in [0.1, 0.15) is 22.8 Å². The van der Waals surface area contributed by atoms with Gasteiger partial charge in [-0.15, -0.1) is 0 Å². The third-order valence-electron chi connectivity index (χ3n) is 11.0. The fourth-order valence-electron chi connectivity index (χ4n) is 8.59. The molecule has 10 aromatic rings. The zero-order valence-electron chi connectivity index (χ0n) is 29.2. The van der Waals surface area contributed by atoms with E-state index in [2.05, 4.69) is 155 Å². The third-order valence-corrected chi connectivity index (χ3v) is 11.0. The average molecular weight is 684 g/mol. The first kappa shape index (κ1) is 29.8. The topological polar surface area (TPSA) is 47.6 Å². The van der Waals surface area contributed by atoms with E-state index < -0.39 is 0 Å². The summed E-state index contributed by atoms with van der Waals surface area (Å²) in [7, 11) is 0. The molecule has 1 aliphatic rings. The maximum atomic E-state index is 6.64. The molecule has 6 nitrogen and oxygen atoms in total. The minimum absolute atomic E-state index is 0.243. The Morgan fingerprint density at radius 2 is 1.26 bits per heavy atom. The van der Waals surface area contributed by atoms with Crippen LogP contribution in [-0.2, 0) is 5.41 Å². The molecule has 11 rings (SSSR count). The van der Waals surface area contributed by atoms with Crippen LogP contribution in [0.3, 0.4) is 0 Å². The Labute approximate surface area is 305 Å². The molecule has 252 valence electrons. The molecule has 0 unspecified atom stereocenters. The summed E-state index contributed by atoms with van der Waals surface area (Å²) in [5.74, 6) is 1.50. The number of hydrogen-bond donors (Lipinski definition) is 0.